The van der Waals surface area contributed by atoms with Crippen molar-refractivity contribution in [1.29, 1.82) is 0 Å². The van der Waals surface area contributed by atoms with Gasteiger partial charge in [-0.2, -0.15) is 18.3 Å². The van der Waals surface area contributed by atoms with Crippen molar-refractivity contribution in [2.24, 2.45) is 5.73 Å². The van der Waals surface area contributed by atoms with Gasteiger partial charge in [-0.3, -0.25) is 9.48 Å². The number of alkyl halides is 3. The van der Waals surface area contributed by atoms with E-state index in [2.05, 4.69) is 10.4 Å². The number of nitrogens with two attached hydrogens (primary N) is 1. The lowest BCUT2D eigenvalue weighted by Gasteiger charge is -2.26. The molecular weight excluding hydrogens is 285 g/mol. The average molecular weight is 306 g/mol. The first-order valence-electron chi connectivity index (χ1n) is 6.83. The van der Waals surface area contributed by atoms with Crippen LogP contribution in [0, 0.1) is 0 Å². The number of halogens is 3. The summed E-state index contributed by atoms with van der Waals surface area (Å²) >= 11 is 0. The van der Waals surface area contributed by atoms with Gasteiger partial charge in [0.25, 0.3) is 0 Å². The Hall–Kier alpha value is -1.57. The number of nitrogens with zero attached hydrogens (tertiary/aromatic N) is 2. The zero-order chi connectivity index (χ0) is 16.1. The summed E-state index contributed by atoms with van der Waals surface area (Å²) in [5, 5.41) is 6.71. The van der Waals surface area contributed by atoms with Crippen LogP contribution in [-0.2, 0) is 17.5 Å². The molecule has 0 saturated heterocycles. The molecule has 0 fully saturated rings. The summed E-state index contributed by atoms with van der Waals surface area (Å²) in [4.78, 5) is 11.4. The van der Waals surface area contributed by atoms with E-state index in [1.54, 1.807) is 6.92 Å². The van der Waals surface area contributed by atoms with Gasteiger partial charge in [0.05, 0.1) is 17.3 Å². The Kier molecular flexibility index (Phi) is 5.77. The van der Waals surface area contributed by atoms with Crippen molar-refractivity contribution < 1.29 is 18.0 Å². The van der Waals surface area contributed by atoms with Crippen LogP contribution in [0.25, 0.3) is 0 Å². The van der Waals surface area contributed by atoms with Crippen LogP contribution in [0.2, 0.25) is 0 Å². The molecule has 0 aliphatic heterocycles. The summed E-state index contributed by atoms with van der Waals surface area (Å²) in [6, 6.07) is 0. The number of hydrogen-bond donors (Lipinski definition) is 2. The van der Waals surface area contributed by atoms with E-state index in [0.29, 0.717) is 32.4 Å². The maximum Gasteiger partial charge on any atom is 0.419 e. The van der Waals surface area contributed by atoms with Gasteiger partial charge in [0.15, 0.2) is 0 Å². The molecule has 21 heavy (non-hydrogen) atoms. The zero-order valence-electron chi connectivity index (χ0n) is 12.2. The van der Waals surface area contributed by atoms with Crippen molar-refractivity contribution in [2.75, 3.05) is 6.54 Å². The smallest absolute Gasteiger partial charge is 0.368 e. The molecule has 8 heteroatoms. The van der Waals surface area contributed by atoms with E-state index in [1.807, 2.05) is 6.92 Å². The molecule has 0 spiro atoms. The third-order valence-corrected chi connectivity index (χ3v) is 3.39. The zero-order valence-corrected chi connectivity index (χ0v) is 12.2. The number of unbranched alkanes of at least 4 members (excludes halogenated alkanes) is 1. The lowest BCUT2D eigenvalue weighted by atomic mass is 9.94. The van der Waals surface area contributed by atoms with Crippen LogP contribution < -0.4 is 11.1 Å². The quantitative estimate of drug-likeness (QED) is 0.721. The van der Waals surface area contributed by atoms with Crippen molar-refractivity contribution >= 4 is 5.91 Å². The molecule has 120 valence electrons. The van der Waals surface area contributed by atoms with Crippen LogP contribution in [0.15, 0.2) is 12.4 Å². The minimum absolute atomic E-state index is 0.372. The van der Waals surface area contributed by atoms with Gasteiger partial charge in [-0.1, -0.05) is 6.92 Å². The highest BCUT2D eigenvalue weighted by Crippen LogP contribution is 2.28. The number of aromatic nitrogens is 2. The Morgan fingerprint density at radius 2 is 2.10 bits per heavy atom. The molecule has 5 nitrogen and oxygen atoms in total. The summed E-state index contributed by atoms with van der Waals surface area (Å²) < 4.78 is 38.5. The maximum atomic E-state index is 12.4. The van der Waals surface area contributed by atoms with Crippen LogP contribution in [0.5, 0.6) is 0 Å². The topological polar surface area (TPSA) is 72.9 Å². The van der Waals surface area contributed by atoms with E-state index in [9.17, 15) is 18.0 Å². The van der Waals surface area contributed by atoms with Crippen LogP contribution in [-0.4, -0.2) is 27.8 Å². The third kappa shape index (κ3) is 5.04. The van der Waals surface area contributed by atoms with E-state index in [4.69, 9.17) is 5.73 Å². The first kappa shape index (κ1) is 17.5. The fraction of sp³-hybridized carbons (Fsp3) is 0.692. The fourth-order valence-corrected chi connectivity index (χ4v) is 2.07. The van der Waals surface area contributed by atoms with Gasteiger partial charge >= 0.3 is 6.18 Å². The van der Waals surface area contributed by atoms with Gasteiger partial charge in [0.2, 0.25) is 5.91 Å². The molecule has 1 unspecified atom stereocenters. The molecular formula is C13H21F3N4O. The third-order valence-electron chi connectivity index (χ3n) is 3.39. The number of carbonyl (C=O) groups is 1. The van der Waals surface area contributed by atoms with E-state index in [-0.39, 0.29) is 0 Å². The van der Waals surface area contributed by atoms with Crippen molar-refractivity contribution in [3.63, 3.8) is 0 Å². The summed E-state index contributed by atoms with van der Waals surface area (Å²) in [6.45, 7) is 4.60. The monoisotopic (exact) mass is 306 g/mol. The first-order chi connectivity index (χ1) is 9.69. The highest BCUT2D eigenvalue weighted by Gasteiger charge is 2.32. The average Bonchev–Trinajstić information content (AvgIpc) is 2.83. The predicted octanol–water partition coefficient (Wildman–Crippen LogP) is 1.93. The molecule has 0 saturated carbocycles. The number of amides is 1. The molecule has 1 amide bonds. The van der Waals surface area contributed by atoms with Crippen molar-refractivity contribution in [3.8, 4) is 0 Å². The lowest BCUT2D eigenvalue weighted by molar-refractivity contribution is -0.137. The van der Waals surface area contributed by atoms with Gasteiger partial charge in [-0.05, 0) is 32.7 Å². The second kappa shape index (κ2) is 6.93. The van der Waals surface area contributed by atoms with E-state index >= 15 is 0 Å². The van der Waals surface area contributed by atoms with Crippen LogP contribution in [0.1, 0.15) is 38.7 Å². The molecule has 0 aliphatic carbocycles. The Bertz CT molecular complexity index is 472. The SMILES string of the molecule is CCNC(C)(CCCCn1cc(C(F)(F)F)cn1)C(N)=O. The second-order valence-corrected chi connectivity index (χ2v) is 5.17. The van der Waals surface area contributed by atoms with Gasteiger partial charge in [0, 0.05) is 12.7 Å². The van der Waals surface area contributed by atoms with Crippen molar-refractivity contribution in [2.45, 2.75) is 51.4 Å². The Morgan fingerprint density at radius 1 is 1.43 bits per heavy atom. The molecule has 3 N–H and O–H groups in total. The molecule has 0 aromatic carbocycles. The maximum absolute atomic E-state index is 12.4. The highest BCUT2D eigenvalue weighted by molar-refractivity contribution is 5.84. The molecule has 0 bridgehead atoms. The summed E-state index contributed by atoms with van der Waals surface area (Å²) in [7, 11) is 0. The molecule has 0 aliphatic rings. The number of rotatable bonds is 8. The van der Waals surface area contributed by atoms with Gasteiger partial charge < -0.3 is 11.1 Å². The highest BCUT2D eigenvalue weighted by atomic mass is 19.4. The number of likely N-dealkylation sites (N-methyl/N-ethyl adjacent to an activating group) is 1. The van der Waals surface area contributed by atoms with Crippen LogP contribution in [0.3, 0.4) is 0 Å². The number of carbonyl (C=O) groups excluding carboxylic acids is 1. The number of nitrogens with one attached hydrogen (secondary N) is 1. The predicted molar refractivity (Wildman–Crippen MR) is 72.4 cm³/mol. The Morgan fingerprint density at radius 3 is 2.57 bits per heavy atom. The molecule has 0 radical (unpaired) electrons. The standard InChI is InChI=1S/C13H21F3N4O/c1-3-18-12(2,11(17)21)6-4-5-7-20-9-10(8-19-20)13(14,15)16/h8-9,18H,3-7H2,1-2H3,(H2,17,21). The molecule has 1 rings (SSSR count). The number of primary amides is 1. The van der Waals surface area contributed by atoms with Gasteiger partial charge in [0.1, 0.15) is 0 Å². The number of aryl methyl sites for hydroxylation is 1. The van der Waals surface area contributed by atoms with E-state index < -0.39 is 23.2 Å². The van der Waals surface area contributed by atoms with Crippen molar-refractivity contribution in [3.05, 3.63) is 18.0 Å². The van der Waals surface area contributed by atoms with E-state index in [0.717, 1.165) is 12.4 Å². The summed E-state index contributed by atoms with van der Waals surface area (Å²) in [5.41, 5.74) is 3.82. The Labute approximate surface area is 121 Å². The molecule has 1 atom stereocenters. The van der Waals surface area contributed by atoms with Gasteiger partial charge in [-0.15, -0.1) is 0 Å². The Balaban J connectivity index is 2.43. The largest absolute Gasteiger partial charge is 0.419 e. The van der Waals surface area contributed by atoms with Crippen LogP contribution >= 0.6 is 0 Å². The van der Waals surface area contributed by atoms with Gasteiger partial charge in [-0.25, -0.2) is 0 Å². The van der Waals surface area contributed by atoms with Crippen LogP contribution in [0.4, 0.5) is 13.2 Å². The van der Waals surface area contributed by atoms with Crippen molar-refractivity contribution in [1.82, 2.24) is 15.1 Å². The van der Waals surface area contributed by atoms with E-state index in [1.165, 1.54) is 4.68 Å². The first-order valence-corrected chi connectivity index (χ1v) is 6.83. The molecule has 1 aromatic rings. The fourth-order valence-electron chi connectivity index (χ4n) is 2.07. The second-order valence-electron chi connectivity index (χ2n) is 5.17. The minimum atomic E-state index is -4.37. The molecule has 1 heterocycles. The normalized spacial score (nSPS) is 14.9. The minimum Gasteiger partial charge on any atom is -0.368 e. The molecule has 1 aromatic heterocycles. The number of hydrogen-bond acceptors (Lipinski definition) is 3. The summed E-state index contributed by atoms with van der Waals surface area (Å²) in [6.07, 6.45) is -0.762. The lowest BCUT2D eigenvalue weighted by Crippen LogP contribution is -2.52. The summed E-state index contributed by atoms with van der Waals surface area (Å²) in [5.74, 6) is -0.428.